The van der Waals surface area contributed by atoms with Gasteiger partial charge in [0.25, 0.3) is 0 Å². The van der Waals surface area contributed by atoms with Crippen LogP contribution in [0.15, 0.2) is 212 Å². The average Bonchev–Trinajstić information content (AvgIpc) is 3.72. The highest BCUT2D eigenvalue weighted by Gasteiger charge is 2.22. The molecule has 11 rings (SSSR count). The first-order chi connectivity index (χ1) is 32.3. The van der Waals surface area contributed by atoms with E-state index in [2.05, 4.69) is 53.1 Å². The molecule has 3 aromatic heterocycles. The second-order valence-electron chi connectivity index (χ2n) is 14.4. The molecule has 7 nitrogen and oxygen atoms in total. The first kappa shape index (κ1) is 30.6. The number of para-hydroxylation sites is 2. The topological polar surface area (TPSA) is 82.3 Å². The van der Waals surface area contributed by atoms with Crippen LogP contribution in [-0.2, 0) is 0 Å². The van der Waals surface area contributed by atoms with E-state index in [-0.39, 0.29) is 23.0 Å². The van der Waals surface area contributed by atoms with Crippen LogP contribution in [0.3, 0.4) is 0 Å². The van der Waals surface area contributed by atoms with Crippen molar-refractivity contribution in [2.24, 2.45) is 0 Å². The molecule has 61 heavy (non-hydrogen) atoms. The lowest BCUT2D eigenvalue weighted by atomic mass is 10.0. The molecule has 0 aliphatic carbocycles. The van der Waals surface area contributed by atoms with Gasteiger partial charge in [-0.3, -0.25) is 0 Å². The molecule has 8 aromatic carbocycles. The molecule has 0 saturated heterocycles. The van der Waals surface area contributed by atoms with E-state index in [1.165, 1.54) is 0 Å². The van der Waals surface area contributed by atoms with E-state index in [4.69, 9.17) is 36.8 Å². The molecule has 0 saturated carbocycles. The van der Waals surface area contributed by atoms with Crippen LogP contribution in [0.1, 0.15) is 6.85 Å². The van der Waals surface area contributed by atoms with Gasteiger partial charge in [-0.1, -0.05) is 176 Å². The molecule has 3 heterocycles. The van der Waals surface area contributed by atoms with E-state index >= 15 is 0 Å². The van der Waals surface area contributed by atoms with Gasteiger partial charge in [-0.15, -0.1) is 0 Å². The third-order valence-corrected chi connectivity index (χ3v) is 10.6. The molecule has 7 heteroatoms. The normalized spacial score (nSPS) is 12.4. The zero-order chi connectivity index (χ0) is 44.9. The number of fused-ring (bicyclic) bond motifs is 3. The number of hydrogen-bond acceptors (Lipinski definition) is 6. The molecule has 0 aliphatic rings. The van der Waals surface area contributed by atoms with Crippen LogP contribution in [-0.4, -0.2) is 34.5 Å². The predicted octanol–water partition coefficient (Wildman–Crippen LogP) is 12.8. The van der Waals surface area contributed by atoms with Crippen molar-refractivity contribution < 1.29 is 6.85 Å². The molecule has 0 aliphatic heterocycles. The minimum Gasteiger partial charge on any atom is -0.309 e. The van der Waals surface area contributed by atoms with E-state index in [0.29, 0.717) is 34.2 Å². The van der Waals surface area contributed by atoms with Gasteiger partial charge >= 0.3 is 0 Å². The summed E-state index contributed by atoms with van der Waals surface area (Å²) in [5.41, 5.74) is 8.05. The van der Waals surface area contributed by atoms with Crippen LogP contribution >= 0.6 is 0 Å². The van der Waals surface area contributed by atoms with Gasteiger partial charge in [0.1, 0.15) is 0 Å². The maximum atomic E-state index is 8.95. The second-order valence-corrected chi connectivity index (χ2v) is 14.4. The summed E-state index contributed by atoms with van der Waals surface area (Å²) in [5, 5.41) is 2.10. The standard InChI is InChI=1S/C54H35N7/c1-5-18-36(19-6-1)40-26-17-27-41(34-40)52-56-49(37-20-7-2-8-21-37)57-53(58-52)42-32-33-48(61-46-30-15-13-28-43(46)44-29-14-16-31-47(44)61)45(35-42)54-59-50(38-22-9-3-10-23-38)55-51(60-54)39-24-11-4-12-25-39/h1-35H/i3D,9D,10D,22D,23D. The quantitative estimate of drug-likeness (QED) is 0.153. The Bertz CT molecular complexity index is 3580. The number of benzene rings is 8. The van der Waals surface area contributed by atoms with Crippen LogP contribution in [0, 0.1) is 0 Å². The molecule has 0 spiro atoms. The Labute approximate surface area is 359 Å². The van der Waals surface area contributed by atoms with Crippen molar-refractivity contribution in [2.45, 2.75) is 0 Å². The van der Waals surface area contributed by atoms with Gasteiger partial charge in [0.15, 0.2) is 34.9 Å². The summed E-state index contributed by atoms with van der Waals surface area (Å²) < 4.78 is 45.5. The fraction of sp³-hybridized carbons (Fsp3) is 0. The van der Waals surface area contributed by atoms with Crippen LogP contribution in [0.4, 0.5) is 0 Å². The third-order valence-electron chi connectivity index (χ3n) is 10.6. The highest BCUT2D eigenvalue weighted by Crippen LogP contribution is 2.38. The maximum Gasteiger partial charge on any atom is 0.166 e. The van der Waals surface area contributed by atoms with Crippen LogP contribution in [0.2, 0.25) is 0 Å². The lowest BCUT2D eigenvalue weighted by Gasteiger charge is -2.16. The summed E-state index contributed by atoms with van der Waals surface area (Å²) in [6, 6.07) is 57.4. The van der Waals surface area contributed by atoms with E-state index in [1.807, 2.05) is 133 Å². The minimum atomic E-state index is -0.508. The smallest absolute Gasteiger partial charge is 0.166 e. The van der Waals surface area contributed by atoms with Gasteiger partial charge in [-0.25, -0.2) is 29.9 Å². The highest BCUT2D eigenvalue weighted by molar-refractivity contribution is 6.09. The van der Waals surface area contributed by atoms with Gasteiger partial charge in [0.05, 0.1) is 23.6 Å². The third kappa shape index (κ3) is 6.80. The summed E-state index contributed by atoms with van der Waals surface area (Å²) in [4.78, 5) is 30.2. The predicted molar refractivity (Wildman–Crippen MR) is 246 cm³/mol. The Balaban J connectivity index is 1.20. The molecule has 286 valence electrons. The van der Waals surface area contributed by atoms with E-state index in [0.717, 1.165) is 49.7 Å². The van der Waals surface area contributed by atoms with Gasteiger partial charge in [0.2, 0.25) is 0 Å². The lowest BCUT2D eigenvalue weighted by Crippen LogP contribution is -2.05. The molecule has 0 amide bonds. The number of rotatable bonds is 8. The highest BCUT2D eigenvalue weighted by atomic mass is 15.1. The van der Waals surface area contributed by atoms with Gasteiger partial charge in [0, 0.05) is 44.2 Å². The Morgan fingerprint density at radius 2 is 0.738 bits per heavy atom. The fourth-order valence-electron chi connectivity index (χ4n) is 7.74. The summed E-state index contributed by atoms with van der Waals surface area (Å²) in [6.45, 7) is 0. The van der Waals surface area contributed by atoms with Crippen molar-refractivity contribution in [2.75, 3.05) is 0 Å². The molecule has 0 N–H and O–H groups in total. The Morgan fingerprint density at radius 3 is 1.31 bits per heavy atom. The number of hydrogen-bond donors (Lipinski definition) is 0. The van der Waals surface area contributed by atoms with Gasteiger partial charge in [-0.05, 0) is 47.5 Å². The maximum absolute atomic E-state index is 8.95. The van der Waals surface area contributed by atoms with Crippen LogP contribution < -0.4 is 0 Å². The SMILES string of the molecule is [2H]c1c([2H])c([2H])c(-c2nc(-c3ccccc3)nc(-c3cc(-c4nc(-c5ccccc5)nc(-c5cccc(-c6ccccc6)c5)n4)ccc3-n3c4ccccc4c4ccccc43)n2)c([2H])c1[2H]. The summed E-state index contributed by atoms with van der Waals surface area (Å²) in [5.74, 6) is 1.78. The van der Waals surface area contributed by atoms with Gasteiger partial charge < -0.3 is 4.57 Å². The van der Waals surface area contributed by atoms with E-state index in [1.54, 1.807) is 0 Å². The molecule has 0 atom stereocenters. The minimum absolute atomic E-state index is 0.0680. The van der Waals surface area contributed by atoms with Crippen molar-refractivity contribution in [1.29, 1.82) is 0 Å². The molecule has 0 bridgehead atoms. The number of nitrogens with zero attached hydrogens (tertiary/aromatic N) is 7. The van der Waals surface area contributed by atoms with Gasteiger partial charge in [-0.2, -0.15) is 0 Å². The van der Waals surface area contributed by atoms with Crippen molar-refractivity contribution >= 4 is 21.8 Å². The molecule has 0 radical (unpaired) electrons. The molecular weight excluding hydrogens is 747 g/mol. The Morgan fingerprint density at radius 1 is 0.311 bits per heavy atom. The first-order valence-electron chi connectivity index (χ1n) is 22.3. The molecular formula is C54H35N7. The largest absolute Gasteiger partial charge is 0.309 e. The van der Waals surface area contributed by atoms with Crippen molar-refractivity contribution in [3.63, 3.8) is 0 Å². The van der Waals surface area contributed by atoms with Crippen molar-refractivity contribution in [3.8, 4) is 85.1 Å². The Hall–Kier alpha value is -8.42. The monoisotopic (exact) mass is 786 g/mol. The van der Waals surface area contributed by atoms with Crippen molar-refractivity contribution in [3.05, 3.63) is 212 Å². The lowest BCUT2D eigenvalue weighted by molar-refractivity contribution is 1.06. The van der Waals surface area contributed by atoms with Crippen LogP contribution in [0.5, 0.6) is 0 Å². The second kappa shape index (κ2) is 15.4. The van der Waals surface area contributed by atoms with E-state index in [9.17, 15) is 0 Å². The Kier molecular flexibility index (Phi) is 7.73. The summed E-state index contributed by atoms with van der Waals surface area (Å²) >= 11 is 0. The van der Waals surface area contributed by atoms with Crippen LogP contribution in [0.25, 0.3) is 107 Å². The molecule has 0 unspecified atom stereocenters. The first-order valence-corrected chi connectivity index (χ1v) is 19.8. The zero-order valence-corrected chi connectivity index (χ0v) is 32.5. The number of aromatic nitrogens is 7. The summed E-state index contributed by atoms with van der Waals surface area (Å²) in [7, 11) is 0. The zero-order valence-electron chi connectivity index (χ0n) is 37.5. The summed E-state index contributed by atoms with van der Waals surface area (Å²) in [6.07, 6.45) is 0. The molecule has 11 aromatic rings. The van der Waals surface area contributed by atoms with Crippen molar-refractivity contribution in [1.82, 2.24) is 34.5 Å². The fourth-order valence-corrected chi connectivity index (χ4v) is 7.74. The van der Waals surface area contributed by atoms with E-state index < -0.39 is 30.2 Å². The average molecular weight is 787 g/mol. The molecule has 0 fully saturated rings.